The van der Waals surface area contributed by atoms with Gasteiger partial charge in [0.25, 0.3) is 0 Å². The van der Waals surface area contributed by atoms with E-state index < -0.39 is 5.97 Å². The van der Waals surface area contributed by atoms with E-state index in [0.717, 1.165) is 32.6 Å². The Morgan fingerprint density at radius 1 is 1.20 bits per heavy atom. The molecule has 20 heavy (non-hydrogen) atoms. The van der Waals surface area contributed by atoms with Crippen LogP contribution in [0.5, 0.6) is 0 Å². The number of piperidine rings is 1. The Morgan fingerprint density at radius 2 is 1.90 bits per heavy atom. The van der Waals surface area contributed by atoms with Crippen LogP contribution in [-0.4, -0.2) is 77.6 Å². The molecule has 2 aliphatic rings. The molecule has 0 aromatic carbocycles. The molecule has 0 spiro atoms. The quantitative estimate of drug-likeness (QED) is 0.838. The second kappa shape index (κ2) is 6.92. The van der Waals surface area contributed by atoms with Crippen molar-refractivity contribution in [2.45, 2.75) is 38.1 Å². The molecular formula is C14H25N3O3. The molecule has 2 aliphatic heterocycles. The number of carbonyl (C=O) groups is 2. The van der Waals surface area contributed by atoms with Crippen molar-refractivity contribution in [2.75, 3.05) is 39.8 Å². The number of nitrogens with zero attached hydrogens (tertiary/aromatic N) is 3. The number of hydrogen-bond acceptors (Lipinski definition) is 3. The molecule has 1 atom stereocenters. The predicted molar refractivity (Wildman–Crippen MR) is 75.7 cm³/mol. The fraction of sp³-hybridized carbons (Fsp3) is 0.857. The third kappa shape index (κ3) is 3.85. The molecule has 2 fully saturated rings. The van der Waals surface area contributed by atoms with E-state index >= 15 is 0 Å². The highest BCUT2D eigenvalue weighted by Gasteiger charge is 2.32. The number of aliphatic carboxylic acids is 1. The zero-order valence-electron chi connectivity index (χ0n) is 12.3. The summed E-state index contributed by atoms with van der Waals surface area (Å²) >= 11 is 0. The van der Waals surface area contributed by atoms with Crippen molar-refractivity contribution in [2.24, 2.45) is 0 Å². The van der Waals surface area contributed by atoms with E-state index in [-0.39, 0.29) is 19.0 Å². The molecule has 6 heteroatoms. The van der Waals surface area contributed by atoms with Gasteiger partial charge in [0.15, 0.2) is 0 Å². The summed E-state index contributed by atoms with van der Waals surface area (Å²) in [4.78, 5) is 28.7. The number of likely N-dealkylation sites (tertiary alicyclic amines) is 2. The normalized spacial score (nSPS) is 23.9. The molecule has 0 aromatic rings. The van der Waals surface area contributed by atoms with E-state index in [1.165, 1.54) is 24.2 Å². The number of amides is 2. The molecular weight excluding hydrogens is 258 g/mol. The van der Waals surface area contributed by atoms with Crippen LogP contribution in [-0.2, 0) is 4.79 Å². The predicted octanol–water partition coefficient (Wildman–Crippen LogP) is 1.07. The van der Waals surface area contributed by atoms with Crippen molar-refractivity contribution < 1.29 is 14.7 Å². The second-order valence-electron chi connectivity index (χ2n) is 5.83. The highest BCUT2D eigenvalue weighted by atomic mass is 16.4. The van der Waals surface area contributed by atoms with Crippen molar-refractivity contribution in [3.63, 3.8) is 0 Å². The molecule has 0 saturated carbocycles. The molecule has 0 aromatic heterocycles. The Balaban J connectivity index is 1.79. The number of urea groups is 1. The van der Waals surface area contributed by atoms with Gasteiger partial charge in [0.1, 0.15) is 0 Å². The van der Waals surface area contributed by atoms with E-state index in [1.54, 1.807) is 7.05 Å². The molecule has 1 unspecified atom stereocenters. The zero-order chi connectivity index (χ0) is 14.5. The van der Waals surface area contributed by atoms with E-state index in [2.05, 4.69) is 4.90 Å². The average Bonchev–Trinajstić information content (AvgIpc) is 2.94. The average molecular weight is 283 g/mol. The van der Waals surface area contributed by atoms with Crippen molar-refractivity contribution in [3.05, 3.63) is 0 Å². The maximum Gasteiger partial charge on any atom is 0.319 e. The number of rotatable bonds is 4. The van der Waals surface area contributed by atoms with Gasteiger partial charge in [-0.3, -0.25) is 9.69 Å². The summed E-state index contributed by atoms with van der Waals surface area (Å²) in [5.41, 5.74) is 0. The number of carboxylic acid groups (broad SMARTS) is 1. The van der Waals surface area contributed by atoms with Crippen molar-refractivity contribution in [1.29, 1.82) is 0 Å². The monoisotopic (exact) mass is 283 g/mol. The lowest BCUT2D eigenvalue weighted by Gasteiger charge is -2.32. The summed E-state index contributed by atoms with van der Waals surface area (Å²) in [6.07, 6.45) is 4.90. The first-order chi connectivity index (χ1) is 9.58. The molecule has 1 N–H and O–H groups in total. The van der Waals surface area contributed by atoms with Crippen molar-refractivity contribution >= 4 is 12.0 Å². The van der Waals surface area contributed by atoms with E-state index in [4.69, 9.17) is 5.11 Å². The fourth-order valence-electron chi connectivity index (χ4n) is 3.10. The van der Waals surface area contributed by atoms with E-state index in [9.17, 15) is 9.59 Å². The molecule has 2 heterocycles. The lowest BCUT2D eigenvalue weighted by molar-refractivity contribution is -0.137. The molecule has 2 amide bonds. The summed E-state index contributed by atoms with van der Waals surface area (Å²) < 4.78 is 0. The van der Waals surface area contributed by atoms with Crippen LogP contribution < -0.4 is 0 Å². The Morgan fingerprint density at radius 3 is 2.55 bits per heavy atom. The third-order valence-corrected chi connectivity index (χ3v) is 4.33. The van der Waals surface area contributed by atoms with Crippen LogP contribution in [0.3, 0.4) is 0 Å². The van der Waals surface area contributed by atoms with Crippen LogP contribution >= 0.6 is 0 Å². The first-order valence-electron chi connectivity index (χ1n) is 7.54. The number of carboxylic acids is 1. The van der Waals surface area contributed by atoms with E-state index in [0.29, 0.717) is 6.04 Å². The molecule has 2 rings (SSSR count). The third-order valence-electron chi connectivity index (χ3n) is 4.33. The second-order valence-corrected chi connectivity index (χ2v) is 5.83. The first kappa shape index (κ1) is 15.1. The highest BCUT2D eigenvalue weighted by Crippen LogP contribution is 2.20. The largest absolute Gasteiger partial charge is 0.481 e. The van der Waals surface area contributed by atoms with Crippen LogP contribution in [0.4, 0.5) is 4.79 Å². The van der Waals surface area contributed by atoms with Crippen molar-refractivity contribution in [3.8, 4) is 0 Å². The molecule has 2 saturated heterocycles. The van der Waals surface area contributed by atoms with Crippen molar-refractivity contribution in [1.82, 2.24) is 14.7 Å². The SMILES string of the molecule is CN(CCC(=O)O)C(=O)N1CCC(N2CCCCC2)C1. The van der Waals surface area contributed by atoms with Gasteiger partial charge in [0, 0.05) is 32.7 Å². The maximum absolute atomic E-state index is 12.2. The van der Waals surface area contributed by atoms with Crippen LogP contribution in [0.1, 0.15) is 32.1 Å². The van der Waals surface area contributed by atoms with Gasteiger partial charge in [-0.25, -0.2) is 4.79 Å². The first-order valence-corrected chi connectivity index (χ1v) is 7.54. The Kier molecular flexibility index (Phi) is 5.23. The Bertz CT molecular complexity index is 356. The smallest absolute Gasteiger partial charge is 0.319 e. The highest BCUT2D eigenvalue weighted by molar-refractivity contribution is 5.75. The van der Waals surface area contributed by atoms with Gasteiger partial charge in [-0.1, -0.05) is 6.42 Å². The molecule has 0 bridgehead atoms. The number of hydrogen-bond donors (Lipinski definition) is 1. The van der Waals surface area contributed by atoms with Gasteiger partial charge < -0.3 is 14.9 Å². The molecule has 0 radical (unpaired) electrons. The minimum atomic E-state index is -0.864. The Labute approximate surface area is 120 Å². The van der Waals surface area contributed by atoms with Crippen LogP contribution in [0.15, 0.2) is 0 Å². The van der Waals surface area contributed by atoms with Crippen LogP contribution in [0.2, 0.25) is 0 Å². The summed E-state index contributed by atoms with van der Waals surface area (Å²) in [5.74, 6) is -0.864. The van der Waals surface area contributed by atoms with Gasteiger partial charge in [-0.05, 0) is 32.4 Å². The van der Waals surface area contributed by atoms with Gasteiger partial charge in [-0.2, -0.15) is 0 Å². The fourth-order valence-corrected chi connectivity index (χ4v) is 3.10. The summed E-state index contributed by atoms with van der Waals surface area (Å²) in [7, 11) is 1.68. The summed E-state index contributed by atoms with van der Waals surface area (Å²) in [5, 5.41) is 8.66. The minimum Gasteiger partial charge on any atom is -0.481 e. The van der Waals surface area contributed by atoms with E-state index in [1.807, 2.05) is 4.90 Å². The van der Waals surface area contributed by atoms with Crippen LogP contribution in [0, 0.1) is 0 Å². The van der Waals surface area contributed by atoms with Gasteiger partial charge in [0.2, 0.25) is 0 Å². The lowest BCUT2D eigenvalue weighted by Crippen LogP contribution is -2.44. The minimum absolute atomic E-state index is 0.00559. The topological polar surface area (TPSA) is 64.1 Å². The summed E-state index contributed by atoms with van der Waals surface area (Å²) in [6, 6.07) is 0.456. The number of carbonyl (C=O) groups excluding carboxylic acids is 1. The lowest BCUT2D eigenvalue weighted by atomic mass is 10.1. The van der Waals surface area contributed by atoms with Gasteiger partial charge in [-0.15, -0.1) is 0 Å². The molecule has 114 valence electrons. The zero-order valence-corrected chi connectivity index (χ0v) is 12.3. The molecule has 0 aliphatic carbocycles. The standard InChI is InChI=1S/C14H25N3O3/c1-15(9-6-13(18)19)14(20)17-10-5-12(11-17)16-7-3-2-4-8-16/h12H,2-11H2,1H3,(H,18,19). The Hall–Kier alpha value is -1.30. The van der Waals surface area contributed by atoms with Gasteiger partial charge in [0.05, 0.1) is 6.42 Å². The maximum atomic E-state index is 12.2. The van der Waals surface area contributed by atoms with Gasteiger partial charge >= 0.3 is 12.0 Å². The summed E-state index contributed by atoms with van der Waals surface area (Å²) in [6.45, 7) is 4.16. The van der Waals surface area contributed by atoms with Crippen LogP contribution in [0.25, 0.3) is 0 Å². The molecule has 6 nitrogen and oxygen atoms in total.